The molecule has 0 saturated heterocycles. The van der Waals surface area contributed by atoms with Crippen LogP contribution in [-0.2, 0) is 0 Å². The molecule has 1 aromatic carbocycles. The van der Waals surface area contributed by atoms with E-state index in [-0.39, 0.29) is 10.6 Å². The topological polar surface area (TPSA) is 54.0 Å². The van der Waals surface area contributed by atoms with Gasteiger partial charge >= 0.3 is 0 Å². The predicted molar refractivity (Wildman–Crippen MR) is 98.7 cm³/mol. The van der Waals surface area contributed by atoms with Crippen molar-refractivity contribution in [1.29, 1.82) is 0 Å². The molecule has 2 N–H and O–H groups in total. The maximum absolute atomic E-state index is 13.8. The minimum atomic E-state index is -0.649. The van der Waals surface area contributed by atoms with E-state index in [1.54, 1.807) is 12.3 Å². The van der Waals surface area contributed by atoms with Crippen molar-refractivity contribution in [3.63, 3.8) is 0 Å². The quantitative estimate of drug-likeness (QED) is 0.730. The Bertz CT molecular complexity index is 708. The van der Waals surface area contributed by atoms with Crippen molar-refractivity contribution in [3.8, 4) is 0 Å². The van der Waals surface area contributed by atoms with Gasteiger partial charge in [0, 0.05) is 6.04 Å². The first-order chi connectivity index (χ1) is 12.1. The number of carbonyl (C=O) groups excluding carboxylic acids is 1. The number of hydrogen-bond donors (Lipinski definition) is 2. The number of benzene rings is 1. The first-order valence-corrected chi connectivity index (χ1v) is 8.99. The number of nitrogens with zero attached hydrogens (tertiary/aromatic N) is 1. The number of pyridine rings is 1. The summed E-state index contributed by atoms with van der Waals surface area (Å²) in [5.41, 5.74) is 0.334. The standard InChI is InChI=1S/C19H21ClFN3O/c20-15-8-5-9-16(21)18(15)19(25)24-14-10-11-17(22-12-14)23-13-6-3-1-2-4-7-13/h5,8-13H,1-4,6-7H2,(H,22,23)(H,24,25). The highest BCUT2D eigenvalue weighted by Gasteiger charge is 2.16. The minimum absolute atomic E-state index is 0.0807. The number of halogens is 2. The van der Waals surface area contributed by atoms with Gasteiger partial charge < -0.3 is 10.6 Å². The highest BCUT2D eigenvalue weighted by atomic mass is 35.5. The fourth-order valence-corrected chi connectivity index (χ4v) is 3.34. The Labute approximate surface area is 151 Å². The number of anilines is 2. The monoisotopic (exact) mass is 361 g/mol. The second-order valence-electron chi connectivity index (χ2n) is 6.32. The van der Waals surface area contributed by atoms with Gasteiger partial charge in [0.15, 0.2) is 0 Å². The van der Waals surface area contributed by atoms with E-state index in [0.29, 0.717) is 11.7 Å². The maximum atomic E-state index is 13.8. The van der Waals surface area contributed by atoms with E-state index >= 15 is 0 Å². The predicted octanol–water partition coefficient (Wildman–Crippen LogP) is 5.26. The van der Waals surface area contributed by atoms with Crippen molar-refractivity contribution < 1.29 is 9.18 Å². The summed E-state index contributed by atoms with van der Waals surface area (Å²) in [5, 5.41) is 6.15. The molecule has 1 aliphatic carbocycles. The van der Waals surface area contributed by atoms with Crippen molar-refractivity contribution in [3.05, 3.63) is 52.9 Å². The molecule has 1 aliphatic rings. The summed E-state index contributed by atoms with van der Waals surface area (Å²) in [6.07, 6.45) is 8.97. The molecule has 2 aromatic rings. The van der Waals surface area contributed by atoms with Gasteiger partial charge in [-0.1, -0.05) is 43.4 Å². The zero-order valence-electron chi connectivity index (χ0n) is 13.9. The number of amides is 1. The summed E-state index contributed by atoms with van der Waals surface area (Å²) in [4.78, 5) is 16.6. The van der Waals surface area contributed by atoms with Crippen LogP contribution in [0.3, 0.4) is 0 Å². The molecule has 1 saturated carbocycles. The lowest BCUT2D eigenvalue weighted by Crippen LogP contribution is -2.19. The third-order valence-electron chi connectivity index (χ3n) is 4.42. The molecule has 132 valence electrons. The van der Waals surface area contributed by atoms with Crippen LogP contribution < -0.4 is 10.6 Å². The molecule has 6 heteroatoms. The van der Waals surface area contributed by atoms with E-state index in [0.717, 1.165) is 18.7 Å². The van der Waals surface area contributed by atoms with Gasteiger partial charge in [-0.25, -0.2) is 9.37 Å². The summed E-state index contributed by atoms with van der Waals surface area (Å²) in [6.45, 7) is 0. The highest BCUT2D eigenvalue weighted by molar-refractivity contribution is 6.34. The normalized spacial score (nSPS) is 15.4. The van der Waals surface area contributed by atoms with Gasteiger partial charge in [0.05, 0.1) is 22.5 Å². The second-order valence-corrected chi connectivity index (χ2v) is 6.72. The molecule has 1 fully saturated rings. The highest BCUT2D eigenvalue weighted by Crippen LogP contribution is 2.22. The SMILES string of the molecule is O=C(Nc1ccc(NC2CCCCCC2)nc1)c1c(F)cccc1Cl. The molecular formula is C19H21ClFN3O. The number of hydrogen-bond acceptors (Lipinski definition) is 3. The van der Waals surface area contributed by atoms with E-state index in [4.69, 9.17) is 11.6 Å². The van der Waals surface area contributed by atoms with Crippen LogP contribution in [0.1, 0.15) is 48.9 Å². The average molecular weight is 362 g/mol. The number of aromatic nitrogens is 1. The maximum Gasteiger partial charge on any atom is 0.260 e. The van der Waals surface area contributed by atoms with E-state index < -0.39 is 11.7 Å². The number of rotatable bonds is 4. The van der Waals surface area contributed by atoms with Gasteiger partial charge in [0.1, 0.15) is 11.6 Å². The molecule has 0 unspecified atom stereocenters. The largest absolute Gasteiger partial charge is 0.367 e. The lowest BCUT2D eigenvalue weighted by Gasteiger charge is -2.17. The molecule has 0 atom stereocenters. The van der Waals surface area contributed by atoms with Crippen LogP contribution >= 0.6 is 11.6 Å². The zero-order chi connectivity index (χ0) is 17.6. The van der Waals surface area contributed by atoms with Crippen LogP contribution in [0.25, 0.3) is 0 Å². The van der Waals surface area contributed by atoms with Gasteiger partial charge in [0.25, 0.3) is 5.91 Å². The molecule has 0 radical (unpaired) electrons. The third-order valence-corrected chi connectivity index (χ3v) is 4.73. The molecule has 0 spiro atoms. The van der Waals surface area contributed by atoms with Crippen molar-refractivity contribution in [2.24, 2.45) is 0 Å². The lowest BCUT2D eigenvalue weighted by molar-refractivity contribution is 0.102. The Morgan fingerprint density at radius 2 is 1.88 bits per heavy atom. The molecule has 3 rings (SSSR count). The molecule has 0 aliphatic heterocycles. The van der Waals surface area contributed by atoms with Crippen molar-refractivity contribution in [1.82, 2.24) is 4.98 Å². The fourth-order valence-electron chi connectivity index (χ4n) is 3.09. The summed E-state index contributed by atoms with van der Waals surface area (Å²) in [6, 6.07) is 8.18. The van der Waals surface area contributed by atoms with Gasteiger partial charge in [-0.05, 0) is 37.1 Å². The lowest BCUT2D eigenvalue weighted by atomic mass is 10.1. The summed E-state index contributed by atoms with van der Waals surface area (Å²) < 4.78 is 13.8. The smallest absolute Gasteiger partial charge is 0.260 e. The van der Waals surface area contributed by atoms with Crippen molar-refractivity contribution in [2.75, 3.05) is 10.6 Å². The number of nitrogens with one attached hydrogen (secondary N) is 2. The van der Waals surface area contributed by atoms with Crippen molar-refractivity contribution >= 4 is 29.0 Å². The number of carbonyl (C=O) groups is 1. The van der Waals surface area contributed by atoms with Crippen LogP contribution in [0.5, 0.6) is 0 Å². The Morgan fingerprint density at radius 3 is 2.52 bits per heavy atom. The van der Waals surface area contributed by atoms with Crippen LogP contribution in [0.4, 0.5) is 15.9 Å². The summed E-state index contributed by atoms with van der Waals surface area (Å²) in [5.74, 6) is -0.451. The Hall–Kier alpha value is -2.14. The van der Waals surface area contributed by atoms with Crippen LogP contribution in [0.2, 0.25) is 5.02 Å². The van der Waals surface area contributed by atoms with E-state index in [1.807, 2.05) is 6.07 Å². The first kappa shape index (κ1) is 17.7. The van der Waals surface area contributed by atoms with Crippen molar-refractivity contribution in [2.45, 2.75) is 44.6 Å². The van der Waals surface area contributed by atoms with Gasteiger partial charge in [-0.15, -0.1) is 0 Å². The van der Waals surface area contributed by atoms with Crippen LogP contribution in [-0.4, -0.2) is 16.9 Å². The van der Waals surface area contributed by atoms with Gasteiger partial charge in [-0.3, -0.25) is 4.79 Å². The molecule has 25 heavy (non-hydrogen) atoms. The molecule has 1 aromatic heterocycles. The minimum Gasteiger partial charge on any atom is -0.367 e. The Morgan fingerprint density at radius 1 is 1.12 bits per heavy atom. The van der Waals surface area contributed by atoms with E-state index in [1.165, 1.54) is 43.9 Å². The molecule has 1 heterocycles. The van der Waals surface area contributed by atoms with E-state index in [2.05, 4.69) is 15.6 Å². The molecular weight excluding hydrogens is 341 g/mol. The van der Waals surface area contributed by atoms with Gasteiger partial charge in [-0.2, -0.15) is 0 Å². The van der Waals surface area contributed by atoms with Crippen LogP contribution in [0.15, 0.2) is 36.5 Å². The summed E-state index contributed by atoms with van der Waals surface area (Å²) in [7, 11) is 0. The first-order valence-electron chi connectivity index (χ1n) is 8.61. The average Bonchev–Trinajstić information content (AvgIpc) is 2.85. The van der Waals surface area contributed by atoms with Gasteiger partial charge in [0.2, 0.25) is 0 Å². The zero-order valence-corrected chi connectivity index (χ0v) is 14.7. The Kier molecular flexibility index (Phi) is 5.87. The Balaban J connectivity index is 1.63. The third kappa shape index (κ3) is 4.69. The fraction of sp³-hybridized carbons (Fsp3) is 0.368. The molecule has 0 bridgehead atoms. The molecule has 4 nitrogen and oxygen atoms in total. The molecule has 1 amide bonds. The van der Waals surface area contributed by atoms with E-state index in [9.17, 15) is 9.18 Å². The van der Waals surface area contributed by atoms with Crippen LogP contribution in [0, 0.1) is 5.82 Å². The second kappa shape index (κ2) is 8.30. The summed E-state index contributed by atoms with van der Waals surface area (Å²) >= 11 is 5.91.